The second-order valence-corrected chi connectivity index (χ2v) is 5.02. The van der Waals surface area contributed by atoms with Gasteiger partial charge in [-0.1, -0.05) is 6.92 Å². The molecule has 1 unspecified atom stereocenters. The van der Waals surface area contributed by atoms with Crippen molar-refractivity contribution in [3.05, 3.63) is 29.6 Å². The van der Waals surface area contributed by atoms with Gasteiger partial charge in [-0.3, -0.25) is 4.79 Å². The molecule has 0 aromatic heterocycles. The normalized spacial score (nSPS) is 16.1. The summed E-state index contributed by atoms with van der Waals surface area (Å²) in [5, 5.41) is 3.31. The van der Waals surface area contributed by atoms with E-state index in [2.05, 4.69) is 5.32 Å². The van der Waals surface area contributed by atoms with Crippen LogP contribution in [0.3, 0.4) is 0 Å². The molecule has 0 saturated heterocycles. The van der Waals surface area contributed by atoms with Gasteiger partial charge in [-0.05, 0) is 31.0 Å². The lowest BCUT2D eigenvalue weighted by atomic mass is 10.1. The number of carbonyl (C=O) groups excluding carboxylic acids is 1. The summed E-state index contributed by atoms with van der Waals surface area (Å²) in [6, 6.07) is 4.94. The maximum Gasteiger partial charge on any atom is 0.223 e. The van der Waals surface area contributed by atoms with Crippen molar-refractivity contribution in [2.45, 2.75) is 32.4 Å². The third kappa shape index (κ3) is 4.21. The van der Waals surface area contributed by atoms with E-state index in [4.69, 9.17) is 10.5 Å². The standard InChI is InChI=1S/C14H19FN2O2/c1-9(14(16)18)8-19-13-5-2-11(15)6-10(13)7-17-12-3-4-12/h2,5-6,9,12,17H,3-4,7-8H2,1H3,(H2,16,18). The van der Waals surface area contributed by atoms with Crippen molar-refractivity contribution in [2.75, 3.05) is 6.61 Å². The minimum Gasteiger partial charge on any atom is -0.492 e. The molecule has 0 bridgehead atoms. The zero-order valence-corrected chi connectivity index (χ0v) is 11.0. The summed E-state index contributed by atoms with van der Waals surface area (Å²) in [7, 11) is 0. The lowest BCUT2D eigenvalue weighted by Gasteiger charge is -2.14. The van der Waals surface area contributed by atoms with Crippen LogP contribution in [0.1, 0.15) is 25.3 Å². The van der Waals surface area contributed by atoms with E-state index in [0.29, 0.717) is 18.3 Å². The first-order valence-electron chi connectivity index (χ1n) is 6.50. The molecule has 1 aliphatic carbocycles. The van der Waals surface area contributed by atoms with Gasteiger partial charge in [-0.15, -0.1) is 0 Å². The number of rotatable bonds is 7. The van der Waals surface area contributed by atoms with E-state index < -0.39 is 5.91 Å². The first-order valence-corrected chi connectivity index (χ1v) is 6.50. The molecular formula is C14H19FN2O2. The minimum absolute atomic E-state index is 0.206. The molecule has 19 heavy (non-hydrogen) atoms. The Morgan fingerprint density at radius 3 is 2.95 bits per heavy atom. The second kappa shape index (κ2) is 6.02. The fraction of sp³-hybridized carbons (Fsp3) is 0.500. The average molecular weight is 266 g/mol. The highest BCUT2D eigenvalue weighted by Crippen LogP contribution is 2.23. The fourth-order valence-corrected chi connectivity index (χ4v) is 1.67. The summed E-state index contributed by atoms with van der Waals surface area (Å²) in [6.45, 7) is 2.48. The number of hydrogen-bond donors (Lipinski definition) is 2. The second-order valence-electron chi connectivity index (χ2n) is 5.02. The molecule has 0 radical (unpaired) electrons. The number of nitrogens with two attached hydrogens (primary N) is 1. The minimum atomic E-state index is -0.403. The highest BCUT2D eigenvalue weighted by molar-refractivity contribution is 5.76. The summed E-state index contributed by atoms with van der Waals surface area (Å²) < 4.78 is 18.8. The molecule has 1 amide bonds. The summed E-state index contributed by atoms with van der Waals surface area (Å²) >= 11 is 0. The fourth-order valence-electron chi connectivity index (χ4n) is 1.67. The van der Waals surface area contributed by atoms with E-state index in [0.717, 1.165) is 5.56 Å². The SMILES string of the molecule is CC(COc1ccc(F)cc1CNC1CC1)C(N)=O. The molecule has 2 rings (SSSR count). The van der Waals surface area contributed by atoms with Crippen LogP contribution in [-0.4, -0.2) is 18.6 Å². The molecule has 1 atom stereocenters. The van der Waals surface area contributed by atoms with Crippen LogP contribution in [0.5, 0.6) is 5.75 Å². The Balaban J connectivity index is 1.98. The van der Waals surface area contributed by atoms with Crippen molar-refractivity contribution < 1.29 is 13.9 Å². The smallest absolute Gasteiger partial charge is 0.223 e. The van der Waals surface area contributed by atoms with Gasteiger partial charge in [0.15, 0.2) is 0 Å². The highest BCUT2D eigenvalue weighted by atomic mass is 19.1. The summed E-state index contributed by atoms with van der Waals surface area (Å²) in [5.74, 6) is -0.459. The Labute approximate surface area is 112 Å². The Morgan fingerprint density at radius 2 is 2.32 bits per heavy atom. The van der Waals surface area contributed by atoms with Crippen molar-refractivity contribution in [1.82, 2.24) is 5.32 Å². The molecule has 104 valence electrons. The van der Waals surface area contributed by atoms with Crippen molar-refractivity contribution >= 4 is 5.91 Å². The Hall–Kier alpha value is -1.62. The molecule has 1 aromatic carbocycles. The molecule has 5 heteroatoms. The van der Waals surface area contributed by atoms with Gasteiger partial charge >= 0.3 is 0 Å². The average Bonchev–Trinajstić information content (AvgIpc) is 3.18. The van der Waals surface area contributed by atoms with Crippen molar-refractivity contribution in [3.8, 4) is 5.75 Å². The molecule has 0 aliphatic heterocycles. The molecule has 1 saturated carbocycles. The lowest BCUT2D eigenvalue weighted by molar-refractivity contribution is -0.122. The van der Waals surface area contributed by atoms with Gasteiger partial charge in [0.05, 0.1) is 12.5 Å². The van der Waals surface area contributed by atoms with E-state index in [1.165, 1.54) is 25.0 Å². The van der Waals surface area contributed by atoms with E-state index in [1.54, 1.807) is 13.0 Å². The highest BCUT2D eigenvalue weighted by Gasteiger charge is 2.21. The maximum absolute atomic E-state index is 13.3. The van der Waals surface area contributed by atoms with Gasteiger partial charge in [0, 0.05) is 18.2 Å². The number of halogens is 1. The molecular weight excluding hydrogens is 247 g/mol. The number of amides is 1. The topological polar surface area (TPSA) is 64.3 Å². The number of carbonyl (C=O) groups is 1. The Bertz CT molecular complexity index is 461. The van der Waals surface area contributed by atoms with Crippen LogP contribution in [-0.2, 0) is 11.3 Å². The molecule has 0 spiro atoms. The Kier molecular flexibility index (Phi) is 4.37. The molecule has 3 N–H and O–H groups in total. The summed E-state index contributed by atoms with van der Waals surface area (Å²) in [4.78, 5) is 11.0. The van der Waals surface area contributed by atoms with Gasteiger partial charge in [-0.25, -0.2) is 4.39 Å². The monoisotopic (exact) mass is 266 g/mol. The number of benzene rings is 1. The third-order valence-corrected chi connectivity index (χ3v) is 3.16. The van der Waals surface area contributed by atoms with Crippen LogP contribution in [0.15, 0.2) is 18.2 Å². The van der Waals surface area contributed by atoms with Gasteiger partial charge < -0.3 is 15.8 Å². The van der Waals surface area contributed by atoms with E-state index in [9.17, 15) is 9.18 Å². The van der Waals surface area contributed by atoms with Crippen molar-refractivity contribution in [3.63, 3.8) is 0 Å². The zero-order chi connectivity index (χ0) is 13.8. The number of ether oxygens (including phenoxy) is 1. The van der Waals surface area contributed by atoms with Gasteiger partial charge in [0.25, 0.3) is 0 Å². The van der Waals surface area contributed by atoms with Crippen LogP contribution >= 0.6 is 0 Å². The number of hydrogen-bond acceptors (Lipinski definition) is 3. The largest absolute Gasteiger partial charge is 0.492 e. The van der Waals surface area contributed by atoms with Crippen LogP contribution in [0.2, 0.25) is 0 Å². The maximum atomic E-state index is 13.3. The van der Waals surface area contributed by atoms with Crippen molar-refractivity contribution in [1.29, 1.82) is 0 Å². The van der Waals surface area contributed by atoms with E-state index in [-0.39, 0.29) is 18.3 Å². The van der Waals surface area contributed by atoms with E-state index in [1.807, 2.05) is 0 Å². The third-order valence-electron chi connectivity index (χ3n) is 3.16. The summed E-state index contributed by atoms with van der Waals surface area (Å²) in [6.07, 6.45) is 2.34. The number of nitrogens with one attached hydrogen (secondary N) is 1. The molecule has 0 heterocycles. The molecule has 1 aliphatic rings. The van der Waals surface area contributed by atoms with Crippen LogP contribution in [0.25, 0.3) is 0 Å². The van der Waals surface area contributed by atoms with E-state index >= 15 is 0 Å². The quantitative estimate of drug-likeness (QED) is 0.787. The van der Waals surface area contributed by atoms with Crippen LogP contribution in [0.4, 0.5) is 4.39 Å². The van der Waals surface area contributed by atoms with Gasteiger partial charge in [0.2, 0.25) is 5.91 Å². The lowest BCUT2D eigenvalue weighted by Crippen LogP contribution is -2.26. The van der Waals surface area contributed by atoms with Crippen molar-refractivity contribution in [2.24, 2.45) is 11.7 Å². The first-order chi connectivity index (χ1) is 9.06. The van der Waals surface area contributed by atoms with Crippen LogP contribution in [0, 0.1) is 11.7 Å². The van der Waals surface area contributed by atoms with Crippen LogP contribution < -0.4 is 15.8 Å². The predicted molar refractivity (Wildman–Crippen MR) is 70.1 cm³/mol. The van der Waals surface area contributed by atoms with Gasteiger partial charge in [0.1, 0.15) is 11.6 Å². The predicted octanol–water partition coefficient (Wildman–Crippen LogP) is 1.58. The molecule has 1 aromatic rings. The molecule has 1 fully saturated rings. The zero-order valence-electron chi connectivity index (χ0n) is 11.0. The molecule has 4 nitrogen and oxygen atoms in total. The Morgan fingerprint density at radius 1 is 1.58 bits per heavy atom. The first kappa shape index (κ1) is 13.8. The summed E-state index contributed by atoms with van der Waals surface area (Å²) in [5.41, 5.74) is 5.94. The number of primary amides is 1. The van der Waals surface area contributed by atoms with Gasteiger partial charge in [-0.2, -0.15) is 0 Å².